The van der Waals surface area contributed by atoms with Crippen molar-refractivity contribution in [2.45, 2.75) is 103 Å². The van der Waals surface area contributed by atoms with Crippen LogP contribution in [-0.2, 0) is 4.74 Å². The minimum Gasteiger partial charge on any atom is -0.389 e. The van der Waals surface area contributed by atoms with E-state index >= 15 is 0 Å². The molecule has 5 rings (SSSR count). The molecule has 5 aliphatic rings. The SMILES string of the molecule is CCC[C@]1(O)CC[C@H]2[C@@H]3CC[C@H]4C[C@@]5(CC[C@]4(C)[C@H]3CC[C@@]21C)CO5. The molecular formula is C23H38O2. The van der Waals surface area contributed by atoms with Crippen molar-refractivity contribution in [3.8, 4) is 0 Å². The van der Waals surface area contributed by atoms with E-state index in [0.29, 0.717) is 11.0 Å². The van der Waals surface area contributed by atoms with Crippen molar-refractivity contribution in [3.63, 3.8) is 0 Å². The maximum Gasteiger partial charge on any atom is 0.0919 e. The highest BCUT2D eigenvalue weighted by Crippen LogP contribution is 2.70. The highest BCUT2D eigenvalue weighted by Gasteiger charge is 2.65. The van der Waals surface area contributed by atoms with E-state index in [-0.39, 0.29) is 11.0 Å². The Morgan fingerprint density at radius 2 is 1.72 bits per heavy atom. The van der Waals surface area contributed by atoms with Crippen molar-refractivity contribution < 1.29 is 9.84 Å². The van der Waals surface area contributed by atoms with E-state index in [4.69, 9.17) is 4.74 Å². The number of epoxide rings is 1. The molecule has 2 nitrogen and oxygen atoms in total. The third kappa shape index (κ3) is 2.16. The Morgan fingerprint density at radius 1 is 0.960 bits per heavy atom. The molecule has 0 bridgehead atoms. The molecule has 0 amide bonds. The zero-order chi connectivity index (χ0) is 17.5. The van der Waals surface area contributed by atoms with Crippen LogP contribution in [0.1, 0.15) is 91.4 Å². The van der Waals surface area contributed by atoms with Gasteiger partial charge < -0.3 is 9.84 Å². The molecule has 5 fully saturated rings. The van der Waals surface area contributed by atoms with Gasteiger partial charge in [0.1, 0.15) is 0 Å². The fourth-order valence-corrected chi connectivity index (χ4v) is 8.61. The smallest absolute Gasteiger partial charge is 0.0919 e. The Bertz CT molecular complexity index is 554. The van der Waals surface area contributed by atoms with Crippen LogP contribution >= 0.6 is 0 Å². The minimum atomic E-state index is -0.381. The van der Waals surface area contributed by atoms with Gasteiger partial charge in [0.25, 0.3) is 0 Å². The molecule has 0 aromatic carbocycles. The fraction of sp³-hybridized carbons (Fsp3) is 1.00. The molecule has 8 atom stereocenters. The van der Waals surface area contributed by atoms with Crippen LogP contribution in [0.5, 0.6) is 0 Å². The summed E-state index contributed by atoms with van der Waals surface area (Å²) in [4.78, 5) is 0. The highest BCUT2D eigenvalue weighted by atomic mass is 16.6. The monoisotopic (exact) mass is 346 g/mol. The van der Waals surface area contributed by atoms with Crippen molar-refractivity contribution >= 4 is 0 Å². The average molecular weight is 347 g/mol. The summed E-state index contributed by atoms with van der Waals surface area (Å²) >= 11 is 0. The summed E-state index contributed by atoms with van der Waals surface area (Å²) in [7, 11) is 0. The van der Waals surface area contributed by atoms with Gasteiger partial charge in [-0.1, -0.05) is 27.2 Å². The molecule has 1 spiro atoms. The summed E-state index contributed by atoms with van der Waals surface area (Å²) in [6, 6.07) is 0. The lowest BCUT2D eigenvalue weighted by atomic mass is 9.44. The van der Waals surface area contributed by atoms with Crippen LogP contribution in [0.4, 0.5) is 0 Å². The molecule has 0 aromatic heterocycles. The molecule has 2 heteroatoms. The van der Waals surface area contributed by atoms with Gasteiger partial charge in [0.2, 0.25) is 0 Å². The van der Waals surface area contributed by atoms with Crippen molar-refractivity contribution in [1.82, 2.24) is 0 Å². The normalized spacial score (nSPS) is 60.0. The van der Waals surface area contributed by atoms with Crippen molar-refractivity contribution in [2.24, 2.45) is 34.5 Å². The van der Waals surface area contributed by atoms with Crippen LogP contribution in [0.15, 0.2) is 0 Å². The van der Waals surface area contributed by atoms with Gasteiger partial charge in [-0.05, 0) is 98.7 Å². The zero-order valence-corrected chi connectivity index (χ0v) is 16.7. The van der Waals surface area contributed by atoms with Crippen LogP contribution in [0.25, 0.3) is 0 Å². The van der Waals surface area contributed by atoms with Gasteiger partial charge in [0.05, 0.1) is 17.8 Å². The van der Waals surface area contributed by atoms with Crippen LogP contribution in [0.2, 0.25) is 0 Å². The molecule has 4 aliphatic carbocycles. The summed E-state index contributed by atoms with van der Waals surface area (Å²) in [5, 5.41) is 11.5. The number of rotatable bonds is 2. The molecule has 4 saturated carbocycles. The van der Waals surface area contributed by atoms with E-state index in [2.05, 4.69) is 20.8 Å². The second-order valence-electron chi connectivity index (χ2n) is 11.1. The van der Waals surface area contributed by atoms with Crippen molar-refractivity contribution in [3.05, 3.63) is 0 Å². The maximum absolute atomic E-state index is 11.5. The van der Waals surface area contributed by atoms with Crippen molar-refractivity contribution in [2.75, 3.05) is 6.61 Å². The lowest BCUT2D eigenvalue weighted by molar-refractivity contribution is -0.157. The Morgan fingerprint density at radius 3 is 2.44 bits per heavy atom. The second-order valence-corrected chi connectivity index (χ2v) is 11.1. The van der Waals surface area contributed by atoms with Gasteiger partial charge >= 0.3 is 0 Å². The molecular weight excluding hydrogens is 308 g/mol. The third-order valence-corrected chi connectivity index (χ3v) is 10.3. The summed E-state index contributed by atoms with van der Waals surface area (Å²) in [6.07, 6.45) is 14.0. The number of hydrogen-bond acceptors (Lipinski definition) is 2. The third-order valence-electron chi connectivity index (χ3n) is 10.3. The summed E-state index contributed by atoms with van der Waals surface area (Å²) in [5.41, 5.74) is 0.665. The van der Waals surface area contributed by atoms with E-state index in [1.807, 2.05) is 0 Å². The highest BCUT2D eigenvalue weighted by molar-refractivity contribution is 5.15. The first kappa shape index (κ1) is 17.0. The van der Waals surface area contributed by atoms with Crippen LogP contribution in [0.3, 0.4) is 0 Å². The minimum absolute atomic E-state index is 0.183. The first-order valence-electron chi connectivity index (χ1n) is 11.2. The van der Waals surface area contributed by atoms with E-state index in [0.717, 1.165) is 49.5 Å². The first-order chi connectivity index (χ1) is 11.9. The molecule has 0 unspecified atom stereocenters. The zero-order valence-electron chi connectivity index (χ0n) is 16.7. The summed E-state index contributed by atoms with van der Waals surface area (Å²) in [6.45, 7) is 8.38. The predicted octanol–water partition coefficient (Wildman–Crippen LogP) is 5.33. The molecule has 142 valence electrons. The quantitative estimate of drug-likeness (QED) is 0.686. The van der Waals surface area contributed by atoms with Crippen LogP contribution in [0, 0.1) is 34.5 Å². The first-order valence-corrected chi connectivity index (χ1v) is 11.2. The molecule has 1 heterocycles. The number of fused-ring (bicyclic) bond motifs is 5. The Balaban J connectivity index is 1.42. The van der Waals surface area contributed by atoms with Gasteiger partial charge in [-0.3, -0.25) is 0 Å². The Kier molecular flexibility index (Phi) is 3.58. The van der Waals surface area contributed by atoms with Gasteiger partial charge in [-0.2, -0.15) is 0 Å². The van der Waals surface area contributed by atoms with E-state index < -0.39 is 0 Å². The van der Waals surface area contributed by atoms with E-state index in [1.54, 1.807) is 0 Å². The molecule has 1 aliphatic heterocycles. The molecule has 0 aromatic rings. The molecule has 0 radical (unpaired) electrons. The fourth-order valence-electron chi connectivity index (χ4n) is 8.61. The largest absolute Gasteiger partial charge is 0.389 e. The number of hydrogen-bond donors (Lipinski definition) is 1. The van der Waals surface area contributed by atoms with Gasteiger partial charge in [-0.15, -0.1) is 0 Å². The van der Waals surface area contributed by atoms with Gasteiger partial charge in [0, 0.05) is 0 Å². The van der Waals surface area contributed by atoms with E-state index in [1.165, 1.54) is 51.4 Å². The number of ether oxygens (including phenoxy) is 1. The van der Waals surface area contributed by atoms with Crippen LogP contribution < -0.4 is 0 Å². The second kappa shape index (κ2) is 5.25. The Hall–Kier alpha value is -0.0800. The lowest BCUT2D eigenvalue weighted by Crippen LogP contribution is -2.57. The Labute approximate surface area is 154 Å². The predicted molar refractivity (Wildman–Crippen MR) is 100 cm³/mol. The standard InChI is InChI=1S/C23H38O2/c1-4-9-23(24)11-8-19-17-6-5-16-14-22(15-25-22)13-12-20(16,2)18(17)7-10-21(19,23)3/h16-19,24H,4-15H2,1-3H3/t16-,17+,18-,19-,20-,21-,22-,23-/m0/s1. The summed E-state index contributed by atoms with van der Waals surface area (Å²) < 4.78 is 5.87. The molecule has 1 saturated heterocycles. The van der Waals surface area contributed by atoms with Gasteiger partial charge in [-0.25, -0.2) is 0 Å². The topological polar surface area (TPSA) is 32.8 Å². The van der Waals surface area contributed by atoms with Gasteiger partial charge in [0.15, 0.2) is 0 Å². The van der Waals surface area contributed by atoms with E-state index in [9.17, 15) is 5.11 Å². The van der Waals surface area contributed by atoms with Crippen LogP contribution in [-0.4, -0.2) is 22.9 Å². The molecule has 1 N–H and O–H groups in total. The molecule has 25 heavy (non-hydrogen) atoms. The lowest BCUT2D eigenvalue weighted by Gasteiger charge is -2.61. The average Bonchev–Trinajstić information content (AvgIpc) is 3.28. The summed E-state index contributed by atoms with van der Waals surface area (Å²) in [5.74, 6) is 3.45. The maximum atomic E-state index is 11.5. The number of aliphatic hydroxyl groups is 1. The van der Waals surface area contributed by atoms with Crippen molar-refractivity contribution in [1.29, 1.82) is 0 Å².